The van der Waals surface area contributed by atoms with Crippen LogP contribution in [0, 0.1) is 5.41 Å². The first-order valence-corrected chi connectivity index (χ1v) is 10.7. The quantitative estimate of drug-likeness (QED) is 0.632. The minimum atomic E-state index is -0.498. The van der Waals surface area contributed by atoms with Crippen LogP contribution in [0.5, 0.6) is 5.75 Å². The average molecular weight is 416 g/mol. The lowest BCUT2D eigenvalue weighted by atomic mass is 9.73. The second-order valence-electron chi connectivity index (χ2n) is 8.39. The first-order chi connectivity index (χ1) is 15.1. The third kappa shape index (κ3) is 4.94. The Labute approximate surface area is 183 Å². The van der Waals surface area contributed by atoms with E-state index in [1.54, 1.807) is 19.5 Å². The van der Waals surface area contributed by atoms with Gasteiger partial charge >= 0.3 is 0 Å². The Bertz CT molecular complexity index is 1030. The van der Waals surface area contributed by atoms with Crippen LogP contribution in [0.1, 0.15) is 24.0 Å². The van der Waals surface area contributed by atoms with Crippen LogP contribution < -0.4 is 10.5 Å². The molecule has 0 unspecified atom stereocenters. The second kappa shape index (κ2) is 9.31. The molecule has 0 aliphatic carbocycles. The van der Waals surface area contributed by atoms with Gasteiger partial charge in [-0.1, -0.05) is 36.4 Å². The number of piperidine rings is 1. The van der Waals surface area contributed by atoms with Crippen molar-refractivity contribution in [2.45, 2.75) is 25.8 Å². The summed E-state index contributed by atoms with van der Waals surface area (Å²) >= 11 is 0. The molecule has 1 aromatic heterocycles. The zero-order valence-electron chi connectivity index (χ0n) is 18.0. The highest BCUT2D eigenvalue weighted by atomic mass is 16.5. The number of ether oxygens (including phenoxy) is 1. The Hall–Kier alpha value is -3.18. The number of primary amides is 1. The molecule has 4 rings (SSSR count). The third-order valence-corrected chi connectivity index (χ3v) is 6.36. The molecular formula is C26H29N3O2. The SMILES string of the molecule is COc1cccc(CN2CCC(Cc3cccc(-c4ccncc4)c3)(C(N)=O)CC2)c1. The molecule has 31 heavy (non-hydrogen) atoms. The fourth-order valence-corrected chi connectivity index (χ4v) is 4.47. The molecule has 5 nitrogen and oxygen atoms in total. The molecule has 1 amide bonds. The van der Waals surface area contributed by atoms with Gasteiger partial charge in [0.05, 0.1) is 12.5 Å². The normalized spacial score (nSPS) is 16.0. The maximum Gasteiger partial charge on any atom is 0.224 e. The number of nitrogens with two attached hydrogens (primary N) is 1. The van der Waals surface area contributed by atoms with Crippen molar-refractivity contribution in [1.82, 2.24) is 9.88 Å². The molecule has 3 aromatic rings. The Morgan fingerprint density at radius 2 is 1.71 bits per heavy atom. The van der Waals surface area contributed by atoms with E-state index in [2.05, 4.69) is 46.3 Å². The molecule has 5 heteroatoms. The van der Waals surface area contributed by atoms with E-state index < -0.39 is 5.41 Å². The van der Waals surface area contributed by atoms with Gasteiger partial charge in [0, 0.05) is 18.9 Å². The van der Waals surface area contributed by atoms with Gasteiger partial charge in [-0.3, -0.25) is 14.7 Å². The van der Waals surface area contributed by atoms with Gasteiger partial charge in [0.15, 0.2) is 0 Å². The van der Waals surface area contributed by atoms with Crippen molar-refractivity contribution in [1.29, 1.82) is 0 Å². The predicted molar refractivity (Wildman–Crippen MR) is 123 cm³/mol. The molecule has 0 atom stereocenters. The molecule has 0 saturated carbocycles. The number of rotatable bonds is 7. The summed E-state index contributed by atoms with van der Waals surface area (Å²) in [6.45, 7) is 2.55. The summed E-state index contributed by atoms with van der Waals surface area (Å²) in [5, 5.41) is 0. The lowest BCUT2D eigenvalue weighted by molar-refractivity contribution is -0.130. The molecule has 1 aliphatic heterocycles. The highest BCUT2D eigenvalue weighted by Crippen LogP contribution is 2.36. The summed E-state index contributed by atoms with van der Waals surface area (Å²) < 4.78 is 5.33. The summed E-state index contributed by atoms with van der Waals surface area (Å²) in [4.78, 5) is 19.1. The first kappa shape index (κ1) is 21.1. The number of likely N-dealkylation sites (tertiary alicyclic amines) is 1. The molecule has 1 fully saturated rings. The number of pyridine rings is 1. The maximum absolute atomic E-state index is 12.6. The van der Waals surface area contributed by atoms with Gasteiger partial charge < -0.3 is 10.5 Å². The minimum absolute atomic E-state index is 0.192. The van der Waals surface area contributed by atoms with E-state index in [9.17, 15) is 4.79 Å². The van der Waals surface area contributed by atoms with Crippen molar-refractivity contribution in [2.75, 3.05) is 20.2 Å². The van der Waals surface area contributed by atoms with Gasteiger partial charge in [-0.05, 0) is 78.9 Å². The third-order valence-electron chi connectivity index (χ3n) is 6.36. The molecule has 0 bridgehead atoms. The van der Waals surface area contributed by atoms with Crippen LogP contribution in [0.4, 0.5) is 0 Å². The number of carbonyl (C=O) groups is 1. The molecule has 1 aliphatic rings. The van der Waals surface area contributed by atoms with Crippen molar-refractivity contribution in [3.05, 3.63) is 84.2 Å². The van der Waals surface area contributed by atoms with Gasteiger partial charge in [0.2, 0.25) is 5.91 Å². The summed E-state index contributed by atoms with van der Waals surface area (Å²) in [5.74, 6) is 0.679. The lowest BCUT2D eigenvalue weighted by Crippen LogP contribution is -2.48. The van der Waals surface area contributed by atoms with Crippen LogP contribution in [-0.2, 0) is 17.8 Å². The molecule has 160 valence electrons. The Morgan fingerprint density at radius 1 is 1.00 bits per heavy atom. The summed E-state index contributed by atoms with van der Waals surface area (Å²) in [6.07, 6.45) is 5.81. The highest BCUT2D eigenvalue weighted by molar-refractivity contribution is 5.81. The standard InChI is InChI=1S/C26H29N3O2/c1-31-24-7-3-5-21(17-24)19-29-14-10-26(11-15-29,25(27)30)18-20-4-2-6-23(16-20)22-8-12-28-13-9-22/h2-9,12-13,16-17H,10-11,14-15,18-19H2,1H3,(H2,27,30). The Balaban J connectivity index is 1.45. The summed E-state index contributed by atoms with van der Waals surface area (Å²) in [5.41, 5.74) is 10.1. The van der Waals surface area contributed by atoms with Gasteiger partial charge in [-0.25, -0.2) is 0 Å². The van der Waals surface area contributed by atoms with Crippen molar-refractivity contribution in [3.8, 4) is 16.9 Å². The van der Waals surface area contributed by atoms with E-state index in [-0.39, 0.29) is 5.91 Å². The van der Waals surface area contributed by atoms with Crippen LogP contribution in [0.3, 0.4) is 0 Å². The number of hydrogen-bond donors (Lipinski definition) is 1. The van der Waals surface area contributed by atoms with Crippen LogP contribution in [0.2, 0.25) is 0 Å². The van der Waals surface area contributed by atoms with Gasteiger partial charge in [-0.2, -0.15) is 0 Å². The monoisotopic (exact) mass is 415 g/mol. The van der Waals surface area contributed by atoms with E-state index in [4.69, 9.17) is 10.5 Å². The molecule has 2 N–H and O–H groups in total. The lowest BCUT2D eigenvalue weighted by Gasteiger charge is -2.40. The molecule has 2 heterocycles. The van der Waals surface area contributed by atoms with E-state index in [1.165, 1.54) is 5.56 Å². The van der Waals surface area contributed by atoms with Crippen LogP contribution in [-0.4, -0.2) is 36.0 Å². The Morgan fingerprint density at radius 3 is 2.42 bits per heavy atom. The van der Waals surface area contributed by atoms with Gasteiger partial charge in [0.25, 0.3) is 0 Å². The second-order valence-corrected chi connectivity index (χ2v) is 8.39. The van der Waals surface area contributed by atoms with Gasteiger partial charge in [0.1, 0.15) is 5.75 Å². The van der Waals surface area contributed by atoms with Crippen molar-refractivity contribution >= 4 is 5.91 Å². The number of hydrogen-bond acceptors (Lipinski definition) is 4. The molecule has 0 radical (unpaired) electrons. The van der Waals surface area contributed by atoms with Crippen molar-refractivity contribution in [2.24, 2.45) is 11.1 Å². The first-order valence-electron chi connectivity index (χ1n) is 10.7. The molecule has 1 saturated heterocycles. The topological polar surface area (TPSA) is 68.4 Å². The molecule has 0 spiro atoms. The molecular weight excluding hydrogens is 386 g/mol. The highest BCUT2D eigenvalue weighted by Gasteiger charge is 2.39. The average Bonchev–Trinajstić information content (AvgIpc) is 2.81. The van der Waals surface area contributed by atoms with Crippen molar-refractivity contribution in [3.63, 3.8) is 0 Å². The van der Waals surface area contributed by atoms with E-state index in [1.807, 2.05) is 24.3 Å². The fraction of sp³-hybridized carbons (Fsp3) is 0.308. The fourth-order valence-electron chi connectivity index (χ4n) is 4.47. The maximum atomic E-state index is 12.6. The zero-order valence-corrected chi connectivity index (χ0v) is 18.0. The number of methoxy groups -OCH3 is 1. The van der Waals surface area contributed by atoms with Crippen molar-refractivity contribution < 1.29 is 9.53 Å². The predicted octanol–water partition coefficient (Wildman–Crippen LogP) is 4.07. The number of carbonyl (C=O) groups excluding carboxylic acids is 1. The van der Waals surface area contributed by atoms with E-state index >= 15 is 0 Å². The minimum Gasteiger partial charge on any atom is -0.497 e. The van der Waals surface area contributed by atoms with E-state index in [0.717, 1.165) is 54.9 Å². The van der Waals surface area contributed by atoms with Gasteiger partial charge in [-0.15, -0.1) is 0 Å². The summed E-state index contributed by atoms with van der Waals surface area (Å²) in [7, 11) is 1.69. The van der Waals surface area contributed by atoms with Crippen LogP contribution in [0.25, 0.3) is 11.1 Å². The smallest absolute Gasteiger partial charge is 0.224 e. The number of amides is 1. The molecule has 2 aromatic carbocycles. The zero-order chi connectivity index (χ0) is 21.7. The number of aromatic nitrogens is 1. The Kier molecular flexibility index (Phi) is 6.33. The van der Waals surface area contributed by atoms with Crippen LogP contribution in [0.15, 0.2) is 73.1 Å². The number of nitrogens with zero attached hydrogens (tertiary/aromatic N) is 2. The van der Waals surface area contributed by atoms with E-state index in [0.29, 0.717) is 6.42 Å². The largest absolute Gasteiger partial charge is 0.497 e. The van der Waals surface area contributed by atoms with Crippen LogP contribution >= 0.6 is 0 Å². The number of benzene rings is 2. The summed E-state index contributed by atoms with van der Waals surface area (Å²) in [6, 6.07) is 20.6.